The van der Waals surface area contributed by atoms with Crippen molar-refractivity contribution in [3.05, 3.63) is 101 Å². The van der Waals surface area contributed by atoms with Crippen LogP contribution >= 0.6 is 23.8 Å². The lowest BCUT2D eigenvalue weighted by atomic mass is 9.91. The number of hydrogen-bond acceptors (Lipinski definition) is 4. The summed E-state index contributed by atoms with van der Waals surface area (Å²) in [6, 6.07) is 24.0. The maximum Gasteiger partial charge on any atom is 0.263 e. The molecule has 0 aliphatic carbocycles. The van der Waals surface area contributed by atoms with Gasteiger partial charge in [-0.2, -0.15) is 5.10 Å². The number of hydrogen-bond donors (Lipinski definition) is 1. The van der Waals surface area contributed by atoms with E-state index in [9.17, 15) is 8.42 Å². The van der Waals surface area contributed by atoms with E-state index in [1.165, 1.54) is 5.01 Å². The van der Waals surface area contributed by atoms with Crippen LogP contribution in [0.25, 0.3) is 0 Å². The highest BCUT2D eigenvalue weighted by atomic mass is 35.5. The highest BCUT2D eigenvalue weighted by molar-refractivity contribution is 7.91. The zero-order chi connectivity index (χ0) is 22.0. The maximum absolute atomic E-state index is 12.8. The SMILES string of the molecule is Cc1ccc(S(=O)(=O)NC(=S)N2CC(c3ccccc3)C(c3ccc(Cl)cc3)=N2)cc1. The van der Waals surface area contributed by atoms with E-state index in [1.54, 1.807) is 24.3 Å². The van der Waals surface area contributed by atoms with Crippen molar-refractivity contribution in [2.45, 2.75) is 17.7 Å². The molecular weight excluding hydrogens is 450 g/mol. The molecule has 1 aliphatic heterocycles. The molecule has 3 aromatic carbocycles. The second-order valence-corrected chi connectivity index (χ2v) is 9.77. The smallest absolute Gasteiger partial charge is 0.254 e. The van der Waals surface area contributed by atoms with Gasteiger partial charge in [0.15, 0.2) is 0 Å². The lowest BCUT2D eigenvalue weighted by Crippen LogP contribution is -2.39. The van der Waals surface area contributed by atoms with Crippen LogP contribution in [0.3, 0.4) is 0 Å². The second-order valence-electron chi connectivity index (χ2n) is 7.26. The van der Waals surface area contributed by atoms with Gasteiger partial charge in [-0.05, 0) is 54.5 Å². The van der Waals surface area contributed by atoms with Gasteiger partial charge in [-0.1, -0.05) is 71.8 Å². The Bertz CT molecular complexity index is 1230. The largest absolute Gasteiger partial charge is 0.263 e. The minimum absolute atomic E-state index is 0.0328. The third kappa shape index (κ3) is 4.79. The Morgan fingerprint density at radius 3 is 2.32 bits per heavy atom. The van der Waals surface area contributed by atoms with E-state index in [0.29, 0.717) is 11.6 Å². The summed E-state index contributed by atoms with van der Waals surface area (Å²) < 4.78 is 28.0. The molecule has 0 saturated heterocycles. The van der Waals surface area contributed by atoms with Gasteiger partial charge in [-0.15, -0.1) is 0 Å². The minimum atomic E-state index is -3.80. The van der Waals surface area contributed by atoms with Crippen molar-refractivity contribution in [2.24, 2.45) is 5.10 Å². The first-order valence-corrected chi connectivity index (χ1v) is 11.9. The summed E-state index contributed by atoms with van der Waals surface area (Å²) in [5.41, 5.74) is 3.76. The summed E-state index contributed by atoms with van der Waals surface area (Å²) >= 11 is 11.5. The molecule has 0 bridgehead atoms. The molecule has 0 fully saturated rings. The Hall–Kier alpha value is -2.74. The first-order chi connectivity index (χ1) is 14.8. The number of nitrogens with zero attached hydrogens (tertiary/aromatic N) is 2. The van der Waals surface area contributed by atoms with Crippen LogP contribution in [-0.2, 0) is 10.0 Å². The van der Waals surface area contributed by atoms with Crippen LogP contribution < -0.4 is 4.72 Å². The molecule has 4 rings (SSSR count). The Morgan fingerprint density at radius 2 is 1.68 bits per heavy atom. The van der Waals surface area contributed by atoms with Crippen LogP contribution in [0.5, 0.6) is 0 Å². The first kappa shape index (κ1) is 21.5. The molecule has 1 atom stereocenters. The average molecular weight is 470 g/mol. The molecule has 8 heteroatoms. The number of aryl methyl sites for hydroxylation is 1. The average Bonchev–Trinajstić information content (AvgIpc) is 3.21. The van der Waals surface area contributed by atoms with Crippen molar-refractivity contribution in [2.75, 3.05) is 6.54 Å². The second kappa shape index (κ2) is 8.78. The third-order valence-electron chi connectivity index (χ3n) is 5.04. The Kier molecular flexibility index (Phi) is 6.09. The highest BCUT2D eigenvalue weighted by Crippen LogP contribution is 2.29. The molecule has 1 unspecified atom stereocenters. The molecule has 0 radical (unpaired) electrons. The van der Waals surface area contributed by atoms with E-state index in [0.717, 1.165) is 22.4 Å². The van der Waals surface area contributed by atoms with E-state index in [1.807, 2.05) is 61.5 Å². The fourth-order valence-corrected chi connectivity index (χ4v) is 4.92. The van der Waals surface area contributed by atoms with Crippen molar-refractivity contribution in [3.63, 3.8) is 0 Å². The van der Waals surface area contributed by atoms with Crippen molar-refractivity contribution in [1.82, 2.24) is 9.73 Å². The number of rotatable bonds is 4. The van der Waals surface area contributed by atoms with Gasteiger partial charge in [0.1, 0.15) is 0 Å². The standard InChI is InChI=1S/C23H20ClN3O2S2/c1-16-7-13-20(14-8-16)31(28,29)26-23(30)27-15-21(17-5-3-2-4-6-17)22(25-27)18-9-11-19(24)12-10-18/h2-14,21H,15H2,1H3,(H,26,30). The van der Waals surface area contributed by atoms with E-state index in [-0.39, 0.29) is 15.9 Å². The van der Waals surface area contributed by atoms with Gasteiger partial charge in [0, 0.05) is 10.9 Å². The van der Waals surface area contributed by atoms with Crippen LogP contribution in [0.1, 0.15) is 22.6 Å². The third-order valence-corrected chi connectivity index (χ3v) is 7.09. The molecule has 1 N–H and O–H groups in total. The summed E-state index contributed by atoms with van der Waals surface area (Å²) in [4.78, 5) is 0.154. The van der Waals surface area contributed by atoms with Gasteiger partial charge in [0.25, 0.3) is 10.0 Å². The Balaban J connectivity index is 1.62. The minimum Gasteiger partial charge on any atom is -0.254 e. The number of nitrogens with one attached hydrogen (secondary N) is 1. The van der Waals surface area contributed by atoms with Crippen LogP contribution in [0.4, 0.5) is 0 Å². The van der Waals surface area contributed by atoms with Gasteiger partial charge in [0.2, 0.25) is 5.11 Å². The quantitative estimate of drug-likeness (QED) is 0.562. The predicted molar refractivity (Wildman–Crippen MR) is 128 cm³/mol. The van der Waals surface area contributed by atoms with Gasteiger partial charge >= 0.3 is 0 Å². The van der Waals surface area contributed by atoms with Gasteiger partial charge < -0.3 is 0 Å². The van der Waals surface area contributed by atoms with Gasteiger partial charge in [-0.25, -0.2) is 13.4 Å². The lowest BCUT2D eigenvalue weighted by molar-refractivity contribution is 0.472. The number of benzene rings is 3. The lowest BCUT2D eigenvalue weighted by Gasteiger charge is -2.18. The van der Waals surface area contributed by atoms with Crippen LogP contribution in [-0.4, -0.2) is 30.8 Å². The van der Waals surface area contributed by atoms with Crippen molar-refractivity contribution < 1.29 is 8.42 Å². The molecule has 1 heterocycles. The molecule has 31 heavy (non-hydrogen) atoms. The first-order valence-electron chi connectivity index (χ1n) is 9.64. The molecule has 158 valence electrons. The summed E-state index contributed by atoms with van der Waals surface area (Å²) in [6.45, 7) is 2.33. The van der Waals surface area contributed by atoms with Crippen LogP contribution in [0.15, 0.2) is 88.9 Å². The zero-order valence-electron chi connectivity index (χ0n) is 16.7. The normalized spacial score (nSPS) is 16.1. The van der Waals surface area contributed by atoms with Crippen LogP contribution in [0, 0.1) is 6.92 Å². The number of thiocarbonyl (C=S) groups is 1. The number of halogens is 1. The summed E-state index contributed by atoms with van der Waals surface area (Å²) in [5, 5.41) is 6.88. The van der Waals surface area contributed by atoms with Crippen LogP contribution in [0.2, 0.25) is 5.02 Å². The predicted octanol–water partition coefficient (Wildman–Crippen LogP) is 4.72. The molecule has 1 aliphatic rings. The molecule has 5 nitrogen and oxygen atoms in total. The maximum atomic E-state index is 12.8. The Morgan fingerprint density at radius 1 is 1.03 bits per heavy atom. The van der Waals surface area contributed by atoms with Gasteiger partial charge in [0.05, 0.1) is 17.2 Å². The zero-order valence-corrected chi connectivity index (χ0v) is 19.1. The summed E-state index contributed by atoms with van der Waals surface area (Å²) in [7, 11) is -3.80. The van der Waals surface area contributed by atoms with Crippen molar-refractivity contribution in [3.8, 4) is 0 Å². The molecule has 0 aromatic heterocycles. The van der Waals surface area contributed by atoms with Crippen molar-refractivity contribution in [1.29, 1.82) is 0 Å². The van der Waals surface area contributed by atoms with Gasteiger partial charge in [-0.3, -0.25) is 4.72 Å². The molecule has 0 saturated carbocycles. The number of hydrazone groups is 1. The monoisotopic (exact) mass is 469 g/mol. The number of sulfonamides is 1. The van der Waals surface area contributed by atoms with E-state index < -0.39 is 10.0 Å². The Labute approximate surface area is 192 Å². The molecule has 0 amide bonds. The molecule has 3 aromatic rings. The van der Waals surface area contributed by atoms with E-state index in [4.69, 9.17) is 23.8 Å². The highest BCUT2D eigenvalue weighted by Gasteiger charge is 2.32. The molecular formula is C23H20ClN3O2S2. The van der Waals surface area contributed by atoms with Crippen molar-refractivity contribution >= 4 is 44.7 Å². The molecule has 0 spiro atoms. The van der Waals surface area contributed by atoms with E-state index >= 15 is 0 Å². The fourth-order valence-electron chi connectivity index (χ4n) is 3.40. The fraction of sp³-hybridized carbons (Fsp3) is 0.130. The summed E-state index contributed by atoms with van der Waals surface area (Å²) in [5.74, 6) is -0.0656. The van der Waals surface area contributed by atoms with E-state index in [2.05, 4.69) is 9.82 Å². The summed E-state index contributed by atoms with van der Waals surface area (Å²) in [6.07, 6.45) is 0. The topological polar surface area (TPSA) is 61.8 Å².